The molecule has 1 saturated heterocycles. The summed E-state index contributed by atoms with van der Waals surface area (Å²) in [4.78, 5) is 35.0. The van der Waals surface area contributed by atoms with Crippen molar-refractivity contribution < 1.29 is 34.1 Å². The number of methoxy groups -OCH3 is 2. The van der Waals surface area contributed by atoms with Crippen LogP contribution in [0.25, 0.3) is 0 Å². The number of carboxylic acids is 2. The first-order valence-electron chi connectivity index (χ1n) is 9.60. The fourth-order valence-electron chi connectivity index (χ4n) is 3.19. The maximum absolute atomic E-state index is 12.5. The molecular formula is C22H26N2O7. The minimum atomic E-state index is -1.82. The maximum Gasteiger partial charge on any atom is 0.414 e. The zero-order chi connectivity index (χ0) is 22.8. The predicted octanol–water partition coefficient (Wildman–Crippen LogP) is 1.82. The number of hydrogen-bond acceptors (Lipinski definition) is 6. The Labute approximate surface area is 180 Å². The fraction of sp³-hybridized carbons (Fsp3) is 0.318. The van der Waals surface area contributed by atoms with Crippen LogP contribution in [-0.2, 0) is 16.1 Å². The van der Waals surface area contributed by atoms with Gasteiger partial charge in [0.1, 0.15) is 0 Å². The number of ether oxygens (including phenoxy) is 2. The molecule has 0 atom stereocenters. The predicted molar refractivity (Wildman–Crippen MR) is 112 cm³/mol. The van der Waals surface area contributed by atoms with Crippen molar-refractivity contribution in [2.75, 3.05) is 40.4 Å². The van der Waals surface area contributed by atoms with Crippen LogP contribution in [-0.4, -0.2) is 78.3 Å². The molecule has 9 heteroatoms. The molecule has 2 aromatic rings. The fourth-order valence-corrected chi connectivity index (χ4v) is 3.19. The highest BCUT2D eigenvalue weighted by molar-refractivity contribution is 6.27. The number of nitrogens with zero attached hydrogens (tertiary/aromatic N) is 2. The summed E-state index contributed by atoms with van der Waals surface area (Å²) in [7, 11) is 3.31. The number of piperazine rings is 1. The van der Waals surface area contributed by atoms with Crippen molar-refractivity contribution in [3.05, 3.63) is 59.7 Å². The number of benzene rings is 2. The summed E-state index contributed by atoms with van der Waals surface area (Å²) in [6, 6.07) is 15.4. The van der Waals surface area contributed by atoms with Crippen molar-refractivity contribution in [3.8, 4) is 11.5 Å². The SMILES string of the molecule is COc1cccc(CN2CCN(C(=O)c3ccccc3)CC2)c1OC.O=C(O)C(=O)O. The van der Waals surface area contributed by atoms with Gasteiger partial charge in [0.15, 0.2) is 11.5 Å². The highest BCUT2D eigenvalue weighted by Crippen LogP contribution is 2.31. The van der Waals surface area contributed by atoms with Gasteiger partial charge >= 0.3 is 11.9 Å². The van der Waals surface area contributed by atoms with Gasteiger partial charge in [0.25, 0.3) is 5.91 Å². The Balaban J connectivity index is 0.000000501. The lowest BCUT2D eigenvalue weighted by Crippen LogP contribution is -2.48. The second-order valence-electron chi connectivity index (χ2n) is 6.70. The van der Waals surface area contributed by atoms with Crippen LogP contribution in [0.5, 0.6) is 11.5 Å². The Morgan fingerprint density at radius 3 is 1.97 bits per heavy atom. The molecule has 1 fully saturated rings. The molecule has 9 nitrogen and oxygen atoms in total. The molecule has 3 rings (SSSR count). The van der Waals surface area contributed by atoms with Crippen LogP contribution >= 0.6 is 0 Å². The third kappa shape index (κ3) is 6.71. The van der Waals surface area contributed by atoms with E-state index in [-0.39, 0.29) is 5.91 Å². The normalized spacial score (nSPS) is 13.5. The molecule has 0 bridgehead atoms. The van der Waals surface area contributed by atoms with E-state index in [1.165, 1.54) is 0 Å². The summed E-state index contributed by atoms with van der Waals surface area (Å²) in [6.07, 6.45) is 0. The maximum atomic E-state index is 12.5. The zero-order valence-corrected chi connectivity index (χ0v) is 17.5. The van der Waals surface area contributed by atoms with E-state index in [1.807, 2.05) is 47.4 Å². The van der Waals surface area contributed by atoms with E-state index in [1.54, 1.807) is 14.2 Å². The van der Waals surface area contributed by atoms with Crippen LogP contribution in [0.1, 0.15) is 15.9 Å². The number of carboxylic acid groups (broad SMARTS) is 2. The Kier molecular flexibility index (Phi) is 8.83. The van der Waals surface area contributed by atoms with E-state index >= 15 is 0 Å². The molecular weight excluding hydrogens is 404 g/mol. The standard InChI is InChI=1S/C20H24N2O3.C2H2O4/c1-24-18-10-6-9-17(19(18)25-2)15-21-11-13-22(14-12-21)20(23)16-7-4-3-5-8-16;3-1(4)2(5)6/h3-10H,11-15H2,1-2H3;(H,3,4)(H,5,6). The van der Waals surface area contributed by atoms with Crippen molar-refractivity contribution in [2.45, 2.75) is 6.54 Å². The largest absolute Gasteiger partial charge is 0.493 e. The molecule has 0 radical (unpaired) electrons. The average molecular weight is 430 g/mol. The number of amides is 1. The smallest absolute Gasteiger partial charge is 0.414 e. The lowest BCUT2D eigenvalue weighted by atomic mass is 10.1. The van der Waals surface area contributed by atoms with Gasteiger partial charge in [-0.2, -0.15) is 0 Å². The zero-order valence-electron chi connectivity index (χ0n) is 17.5. The van der Waals surface area contributed by atoms with Crippen LogP contribution in [0.4, 0.5) is 0 Å². The molecule has 0 spiro atoms. The molecule has 2 N–H and O–H groups in total. The van der Waals surface area contributed by atoms with Gasteiger partial charge in [-0.05, 0) is 18.2 Å². The molecule has 2 aromatic carbocycles. The summed E-state index contributed by atoms with van der Waals surface area (Å²) in [5.74, 6) is -2.00. The van der Waals surface area contributed by atoms with Crippen molar-refractivity contribution in [1.82, 2.24) is 9.80 Å². The lowest BCUT2D eigenvalue weighted by molar-refractivity contribution is -0.159. The molecule has 1 aliphatic rings. The van der Waals surface area contributed by atoms with Gasteiger partial charge < -0.3 is 24.6 Å². The second-order valence-corrected chi connectivity index (χ2v) is 6.70. The first kappa shape index (κ1) is 23.7. The number of hydrogen-bond donors (Lipinski definition) is 2. The second kappa shape index (κ2) is 11.6. The number of para-hydroxylation sites is 1. The number of rotatable bonds is 5. The van der Waals surface area contributed by atoms with Gasteiger partial charge in [-0.1, -0.05) is 30.3 Å². The Bertz CT molecular complexity index is 882. The molecule has 0 saturated carbocycles. The van der Waals surface area contributed by atoms with Gasteiger partial charge in [-0.3, -0.25) is 9.69 Å². The van der Waals surface area contributed by atoms with Crippen LogP contribution in [0.2, 0.25) is 0 Å². The summed E-state index contributed by atoms with van der Waals surface area (Å²) in [5.41, 5.74) is 1.86. The molecule has 0 aromatic heterocycles. The molecule has 0 aliphatic carbocycles. The highest BCUT2D eigenvalue weighted by Gasteiger charge is 2.23. The number of aliphatic carboxylic acids is 2. The first-order valence-corrected chi connectivity index (χ1v) is 9.60. The van der Waals surface area contributed by atoms with E-state index < -0.39 is 11.9 Å². The molecule has 1 aliphatic heterocycles. The molecule has 1 heterocycles. The van der Waals surface area contributed by atoms with Crippen molar-refractivity contribution in [3.63, 3.8) is 0 Å². The van der Waals surface area contributed by atoms with Gasteiger partial charge in [0.05, 0.1) is 14.2 Å². The third-order valence-corrected chi connectivity index (χ3v) is 4.74. The van der Waals surface area contributed by atoms with E-state index in [0.29, 0.717) is 0 Å². The van der Waals surface area contributed by atoms with E-state index in [4.69, 9.17) is 29.3 Å². The Morgan fingerprint density at radius 2 is 1.45 bits per heavy atom. The van der Waals surface area contributed by atoms with Gasteiger partial charge in [-0.25, -0.2) is 9.59 Å². The van der Waals surface area contributed by atoms with E-state index in [0.717, 1.165) is 55.3 Å². The van der Waals surface area contributed by atoms with Crippen molar-refractivity contribution in [2.24, 2.45) is 0 Å². The molecule has 31 heavy (non-hydrogen) atoms. The average Bonchev–Trinajstić information content (AvgIpc) is 2.79. The Hall–Kier alpha value is -3.59. The van der Waals surface area contributed by atoms with Crippen molar-refractivity contribution >= 4 is 17.8 Å². The molecule has 0 unspecified atom stereocenters. The number of carbonyl (C=O) groups is 3. The first-order chi connectivity index (χ1) is 14.9. The van der Waals surface area contributed by atoms with E-state index in [9.17, 15) is 4.79 Å². The summed E-state index contributed by atoms with van der Waals surface area (Å²) in [5, 5.41) is 14.8. The lowest BCUT2D eigenvalue weighted by Gasteiger charge is -2.35. The van der Waals surface area contributed by atoms with Crippen LogP contribution < -0.4 is 9.47 Å². The van der Waals surface area contributed by atoms with E-state index in [2.05, 4.69) is 11.0 Å². The van der Waals surface area contributed by atoms with Crippen molar-refractivity contribution in [1.29, 1.82) is 0 Å². The summed E-state index contributed by atoms with van der Waals surface area (Å²) >= 11 is 0. The van der Waals surface area contributed by atoms with Gasteiger partial charge in [0.2, 0.25) is 0 Å². The van der Waals surface area contributed by atoms with Crippen LogP contribution in [0.3, 0.4) is 0 Å². The Morgan fingerprint density at radius 1 is 0.839 bits per heavy atom. The quantitative estimate of drug-likeness (QED) is 0.690. The van der Waals surface area contributed by atoms with Gasteiger partial charge in [-0.15, -0.1) is 0 Å². The third-order valence-electron chi connectivity index (χ3n) is 4.74. The van der Waals surface area contributed by atoms with Gasteiger partial charge in [0, 0.05) is 43.9 Å². The summed E-state index contributed by atoms with van der Waals surface area (Å²) < 4.78 is 10.9. The van der Waals surface area contributed by atoms with Crippen LogP contribution in [0.15, 0.2) is 48.5 Å². The summed E-state index contributed by atoms with van der Waals surface area (Å²) in [6.45, 7) is 3.95. The van der Waals surface area contributed by atoms with Crippen LogP contribution in [0, 0.1) is 0 Å². The highest BCUT2D eigenvalue weighted by atomic mass is 16.5. The topological polar surface area (TPSA) is 117 Å². The number of carbonyl (C=O) groups excluding carboxylic acids is 1. The minimum absolute atomic E-state index is 0.110. The minimum Gasteiger partial charge on any atom is -0.493 e. The monoisotopic (exact) mass is 430 g/mol. The molecule has 1 amide bonds. The molecule has 166 valence electrons.